The summed E-state index contributed by atoms with van der Waals surface area (Å²) in [7, 11) is 0. The van der Waals surface area contributed by atoms with Crippen molar-refractivity contribution >= 4 is 11.6 Å². The van der Waals surface area contributed by atoms with Gasteiger partial charge in [-0.25, -0.2) is 0 Å². The molecule has 0 fully saturated rings. The maximum absolute atomic E-state index is 5.69. The fraction of sp³-hybridized carbons (Fsp3) is 1.00. The SMILES string of the molecule is CCCCCCCCCCCCCCCCOC(C)CCl. The van der Waals surface area contributed by atoms with E-state index < -0.39 is 0 Å². The van der Waals surface area contributed by atoms with E-state index in [2.05, 4.69) is 6.92 Å². The molecule has 1 nitrogen and oxygen atoms in total. The van der Waals surface area contributed by atoms with Crippen molar-refractivity contribution in [1.82, 2.24) is 0 Å². The molecular formula is C19H39ClO. The van der Waals surface area contributed by atoms with Gasteiger partial charge in [-0.15, -0.1) is 11.6 Å². The molecule has 2 heteroatoms. The van der Waals surface area contributed by atoms with Gasteiger partial charge in [0.05, 0.1) is 6.10 Å². The van der Waals surface area contributed by atoms with Gasteiger partial charge < -0.3 is 4.74 Å². The van der Waals surface area contributed by atoms with Crippen LogP contribution in [0.25, 0.3) is 0 Å². The van der Waals surface area contributed by atoms with Crippen LogP contribution in [0.4, 0.5) is 0 Å². The summed E-state index contributed by atoms with van der Waals surface area (Å²) in [5.41, 5.74) is 0. The van der Waals surface area contributed by atoms with Gasteiger partial charge in [0.15, 0.2) is 0 Å². The van der Waals surface area contributed by atoms with Gasteiger partial charge >= 0.3 is 0 Å². The number of ether oxygens (including phenoxy) is 1. The van der Waals surface area contributed by atoms with Crippen LogP contribution >= 0.6 is 11.6 Å². The van der Waals surface area contributed by atoms with Crippen molar-refractivity contribution in [3.63, 3.8) is 0 Å². The quantitative estimate of drug-likeness (QED) is 0.205. The minimum Gasteiger partial charge on any atom is -0.377 e. The Balaban J connectivity index is 2.96. The van der Waals surface area contributed by atoms with Crippen molar-refractivity contribution in [1.29, 1.82) is 0 Å². The summed E-state index contributed by atoms with van der Waals surface area (Å²) in [6, 6.07) is 0. The lowest BCUT2D eigenvalue weighted by molar-refractivity contribution is 0.0778. The Kier molecular flexibility index (Phi) is 18.5. The second kappa shape index (κ2) is 18.3. The predicted molar refractivity (Wildman–Crippen MR) is 96.4 cm³/mol. The molecule has 0 amide bonds. The van der Waals surface area contributed by atoms with E-state index in [-0.39, 0.29) is 6.10 Å². The zero-order valence-corrected chi connectivity index (χ0v) is 15.4. The van der Waals surface area contributed by atoms with E-state index in [1.54, 1.807) is 0 Å². The number of alkyl halides is 1. The summed E-state index contributed by atoms with van der Waals surface area (Å²) < 4.78 is 5.57. The summed E-state index contributed by atoms with van der Waals surface area (Å²) in [5, 5.41) is 0. The second-order valence-corrected chi connectivity index (χ2v) is 6.74. The van der Waals surface area contributed by atoms with Crippen LogP contribution in [0.2, 0.25) is 0 Å². The van der Waals surface area contributed by atoms with Crippen LogP contribution < -0.4 is 0 Å². The smallest absolute Gasteiger partial charge is 0.0682 e. The molecule has 0 aliphatic heterocycles. The fourth-order valence-electron chi connectivity index (χ4n) is 2.63. The Hall–Kier alpha value is 0.250. The Bertz CT molecular complexity index is 184. The van der Waals surface area contributed by atoms with Crippen LogP contribution in [0, 0.1) is 0 Å². The molecule has 0 aliphatic carbocycles. The van der Waals surface area contributed by atoms with Gasteiger partial charge in [-0.3, -0.25) is 0 Å². The molecule has 0 saturated carbocycles. The number of unbranched alkanes of at least 4 members (excludes halogenated alkanes) is 13. The standard InChI is InChI=1S/C19H39ClO/c1-3-4-5-6-7-8-9-10-11-12-13-14-15-16-17-21-19(2)18-20/h19H,3-18H2,1-2H3. The molecule has 0 radical (unpaired) electrons. The molecular weight excluding hydrogens is 280 g/mol. The lowest BCUT2D eigenvalue weighted by atomic mass is 10.0. The van der Waals surface area contributed by atoms with Crippen molar-refractivity contribution in [3.05, 3.63) is 0 Å². The zero-order valence-electron chi connectivity index (χ0n) is 14.7. The van der Waals surface area contributed by atoms with E-state index in [1.165, 1.54) is 89.9 Å². The van der Waals surface area contributed by atoms with Crippen molar-refractivity contribution in [2.75, 3.05) is 12.5 Å². The second-order valence-electron chi connectivity index (χ2n) is 6.43. The number of hydrogen-bond donors (Lipinski definition) is 0. The van der Waals surface area contributed by atoms with E-state index in [9.17, 15) is 0 Å². The topological polar surface area (TPSA) is 9.23 Å². The van der Waals surface area contributed by atoms with Crippen LogP contribution in [0.5, 0.6) is 0 Å². The first-order valence-electron chi connectivity index (χ1n) is 9.48. The molecule has 1 atom stereocenters. The average Bonchev–Trinajstić information content (AvgIpc) is 2.50. The van der Waals surface area contributed by atoms with Gasteiger partial charge in [0.2, 0.25) is 0 Å². The first-order valence-corrected chi connectivity index (χ1v) is 10.0. The molecule has 0 aromatic carbocycles. The molecule has 0 aliphatic rings. The molecule has 0 saturated heterocycles. The molecule has 1 unspecified atom stereocenters. The van der Waals surface area contributed by atoms with E-state index >= 15 is 0 Å². The molecule has 0 bridgehead atoms. The highest BCUT2D eigenvalue weighted by atomic mass is 35.5. The Morgan fingerprint density at radius 2 is 1.05 bits per heavy atom. The Morgan fingerprint density at radius 3 is 1.43 bits per heavy atom. The van der Waals surface area contributed by atoms with Gasteiger partial charge in [-0.05, 0) is 13.3 Å². The van der Waals surface area contributed by atoms with Crippen LogP contribution in [0.3, 0.4) is 0 Å². The molecule has 0 aromatic rings. The van der Waals surface area contributed by atoms with Crippen molar-refractivity contribution < 1.29 is 4.74 Å². The van der Waals surface area contributed by atoms with Gasteiger partial charge in [0.25, 0.3) is 0 Å². The van der Waals surface area contributed by atoms with Gasteiger partial charge in [-0.1, -0.05) is 90.4 Å². The van der Waals surface area contributed by atoms with Gasteiger partial charge in [-0.2, -0.15) is 0 Å². The highest BCUT2D eigenvalue weighted by Crippen LogP contribution is 2.13. The molecule has 0 spiro atoms. The van der Waals surface area contributed by atoms with Crippen LogP contribution in [-0.2, 0) is 4.74 Å². The third-order valence-corrected chi connectivity index (χ3v) is 4.55. The molecule has 0 N–H and O–H groups in total. The Labute approximate surface area is 139 Å². The third kappa shape index (κ3) is 18.2. The molecule has 0 aromatic heterocycles. The predicted octanol–water partition coefficient (Wildman–Crippen LogP) is 7.11. The van der Waals surface area contributed by atoms with E-state index in [4.69, 9.17) is 16.3 Å². The van der Waals surface area contributed by atoms with Gasteiger partial charge in [0, 0.05) is 12.5 Å². The molecule has 0 heterocycles. The first kappa shape index (κ1) is 21.2. The van der Waals surface area contributed by atoms with Crippen LogP contribution in [-0.4, -0.2) is 18.6 Å². The maximum Gasteiger partial charge on any atom is 0.0682 e. The van der Waals surface area contributed by atoms with Crippen molar-refractivity contribution in [2.24, 2.45) is 0 Å². The minimum atomic E-state index is 0.216. The normalized spacial score (nSPS) is 12.7. The molecule has 0 rings (SSSR count). The summed E-state index contributed by atoms with van der Waals surface area (Å²) in [6.07, 6.45) is 19.9. The van der Waals surface area contributed by atoms with Crippen LogP contribution in [0.1, 0.15) is 104 Å². The van der Waals surface area contributed by atoms with Crippen molar-refractivity contribution in [2.45, 2.75) is 110 Å². The lowest BCUT2D eigenvalue weighted by Crippen LogP contribution is -2.10. The van der Waals surface area contributed by atoms with E-state index in [0.717, 1.165) is 6.61 Å². The Morgan fingerprint density at radius 1 is 0.667 bits per heavy atom. The summed E-state index contributed by atoms with van der Waals surface area (Å²) >= 11 is 5.69. The highest BCUT2D eigenvalue weighted by Gasteiger charge is 1.98. The molecule has 21 heavy (non-hydrogen) atoms. The summed E-state index contributed by atoms with van der Waals surface area (Å²) in [5.74, 6) is 0.610. The number of rotatable bonds is 17. The zero-order chi connectivity index (χ0) is 15.6. The maximum atomic E-state index is 5.69. The van der Waals surface area contributed by atoms with E-state index in [1.807, 2.05) is 6.92 Å². The number of hydrogen-bond acceptors (Lipinski definition) is 1. The largest absolute Gasteiger partial charge is 0.377 e. The fourth-order valence-corrected chi connectivity index (χ4v) is 2.71. The van der Waals surface area contributed by atoms with Gasteiger partial charge in [0.1, 0.15) is 0 Å². The average molecular weight is 319 g/mol. The van der Waals surface area contributed by atoms with Crippen molar-refractivity contribution in [3.8, 4) is 0 Å². The molecule has 128 valence electrons. The summed E-state index contributed by atoms with van der Waals surface area (Å²) in [6.45, 7) is 5.20. The van der Waals surface area contributed by atoms with E-state index in [0.29, 0.717) is 5.88 Å². The lowest BCUT2D eigenvalue weighted by Gasteiger charge is -2.09. The highest BCUT2D eigenvalue weighted by molar-refractivity contribution is 6.18. The summed E-state index contributed by atoms with van der Waals surface area (Å²) in [4.78, 5) is 0. The minimum absolute atomic E-state index is 0.216. The van der Waals surface area contributed by atoms with Crippen LogP contribution in [0.15, 0.2) is 0 Å². The number of halogens is 1. The first-order chi connectivity index (χ1) is 10.3. The monoisotopic (exact) mass is 318 g/mol. The third-order valence-electron chi connectivity index (χ3n) is 4.12.